The highest BCUT2D eigenvalue weighted by Gasteiger charge is 2.04. The average molecular weight is 346 g/mol. The van der Waals surface area contributed by atoms with E-state index in [1.54, 1.807) is 24.4 Å². The number of hydrogen-bond acceptors (Lipinski definition) is 7. The maximum Gasteiger partial charge on any atom is 0.166 e. The number of phenolic OH excluding ortho intramolecular Hbond substituents is 1. The second kappa shape index (κ2) is 9.46. The monoisotopic (exact) mass is 346 g/mol. The lowest BCUT2D eigenvalue weighted by atomic mass is 10.2. The van der Waals surface area contributed by atoms with Gasteiger partial charge >= 0.3 is 0 Å². The molecule has 0 fully saturated rings. The number of para-hydroxylation sites is 1. The summed E-state index contributed by atoms with van der Waals surface area (Å²) in [7, 11) is 1.48. The maximum atomic E-state index is 9.87. The SMILES string of the molecule is COc1cccc(/C=N/OCCO/N=C/c2ccccc2S)c1O. The third kappa shape index (κ3) is 5.20. The first-order chi connectivity index (χ1) is 11.7. The maximum absolute atomic E-state index is 9.87. The summed E-state index contributed by atoms with van der Waals surface area (Å²) in [5.74, 6) is 0.389. The van der Waals surface area contributed by atoms with E-state index in [0.29, 0.717) is 11.3 Å². The van der Waals surface area contributed by atoms with Gasteiger partial charge in [-0.3, -0.25) is 0 Å². The van der Waals surface area contributed by atoms with E-state index in [4.69, 9.17) is 14.4 Å². The molecule has 126 valence electrons. The van der Waals surface area contributed by atoms with Gasteiger partial charge in [-0.05, 0) is 18.2 Å². The van der Waals surface area contributed by atoms with E-state index in [-0.39, 0.29) is 19.0 Å². The molecule has 0 heterocycles. The summed E-state index contributed by atoms with van der Waals surface area (Å²) in [6.07, 6.45) is 2.98. The van der Waals surface area contributed by atoms with Crippen LogP contribution in [0.1, 0.15) is 11.1 Å². The number of rotatable bonds is 8. The number of oxime groups is 2. The Labute approximate surface area is 145 Å². The van der Waals surface area contributed by atoms with Gasteiger partial charge in [-0.1, -0.05) is 34.6 Å². The minimum atomic E-state index is 0.0126. The number of phenols is 1. The molecule has 0 bridgehead atoms. The molecule has 0 aliphatic rings. The number of thiol groups is 1. The van der Waals surface area contributed by atoms with Crippen molar-refractivity contribution in [1.29, 1.82) is 0 Å². The Morgan fingerprint density at radius 3 is 2.25 bits per heavy atom. The standard InChI is InChI=1S/C17H18N2O4S/c1-21-15-7-4-6-14(17(15)20)12-19-23-10-9-22-18-11-13-5-2-3-8-16(13)24/h2-8,11-12,20,24H,9-10H2,1H3/b18-11+,19-12+. The van der Waals surface area contributed by atoms with Gasteiger partial charge in [0, 0.05) is 16.0 Å². The molecular formula is C17H18N2O4S. The van der Waals surface area contributed by atoms with Gasteiger partial charge in [-0.15, -0.1) is 12.6 Å². The number of nitrogens with zero attached hydrogens (tertiary/aromatic N) is 2. The summed E-state index contributed by atoms with van der Waals surface area (Å²) >= 11 is 4.31. The van der Waals surface area contributed by atoms with Gasteiger partial charge in [0.15, 0.2) is 24.7 Å². The molecule has 1 N–H and O–H groups in total. The predicted octanol–water partition coefficient (Wildman–Crippen LogP) is 3.09. The molecule has 0 atom stereocenters. The van der Waals surface area contributed by atoms with Crippen molar-refractivity contribution in [2.45, 2.75) is 4.90 Å². The van der Waals surface area contributed by atoms with Crippen LogP contribution in [0.5, 0.6) is 11.5 Å². The molecular weight excluding hydrogens is 328 g/mol. The quantitative estimate of drug-likeness (QED) is 0.333. The van der Waals surface area contributed by atoms with E-state index < -0.39 is 0 Å². The van der Waals surface area contributed by atoms with Crippen molar-refractivity contribution < 1.29 is 19.5 Å². The minimum Gasteiger partial charge on any atom is -0.504 e. The molecule has 0 aromatic heterocycles. The van der Waals surface area contributed by atoms with Gasteiger partial charge in [0.1, 0.15) is 0 Å². The van der Waals surface area contributed by atoms with Crippen molar-refractivity contribution >= 4 is 25.1 Å². The first kappa shape index (κ1) is 17.7. The average Bonchev–Trinajstić information content (AvgIpc) is 2.60. The van der Waals surface area contributed by atoms with E-state index in [1.165, 1.54) is 13.3 Å². The first-order valence-electron chi connectivity index (χ1n) is 7.17. The molecule has 0 aliphatic heterocycles. The molecule has 0 unspecified atom stereocenters. The van der Waals surface area contributed by atoms with Crippen molar-refractivity contribution in [3.05, 3.63) is 53.6 Å². The zero-order valence-corrected chi connectivity index (χ0v) is 14.0. The Bertz CT molecular complexity index is 719. The third-order valence-corrected chi connectivity index (χ3v) is 3.39. The van der Waals surface area contributed by atoms with Gasteiger partial charge in [0.2, 0.25) is 0 Å². The summed E-state index contributed by atoms with van der Waals surface area (Å²) in [4.78, 5) is 10.9. The van der Waals surface area contributed by atoms with Crippen LogP contribution in [0.15, 0.2) is 57.7 Å². The van der Waals surface area contributed by atoms with Gasteiger partial charge in [0.05, 0.1) is 19.5 Å². The van der Waals surface area contributed by atoms with Crippen LogP contribution in [0.2, 0.25) is 0 Å². The summed E-state index contributed by atoms with van der Waals surface area (Å²) < 4.78 is 5.01. The van der Waals surface area contributed by atoms with Crippen LogP contribution in [0.4, 0.5) is 0 Å². The normalized spacial score (nSPS) is 11.1. The summed E-state index contributed by atoms with van der Waals surface area (Å²) in [5, 5.41) is 17.5. The molecule has 24 heavy (non-hydrogen) atoms. The Morgan fingerprint density at radius 2 is 1.58 bits per heavy atom. The van der Waals surface area contributed by atoms with E-state index >= 15 is 0 Å². The molecule has 0 radical (unpaired) electrons. The summed E-state index contributed by atoms with van der Waals surface area (Å²) in [6, 6.07) is 12.6. The molecule has 0 saturated heterocycles. The second-order valence-electron chi connectivity index (χ2n) is 4.59. The Morgan fingerprint density at radius 1 is 0.958 bits per heavy atom. The fourth-order valence-corrected chi connectivity index (χ4v) is 1.99. The lowest BCUT2D eigenvalue weighted by molar-refractivity contribution is 0.0553. The summed E-state index contributed by atoms with van der Waals surface area (Å²) in [5.41, 5.74) is 1.37. The molecule has 2 aromatic rings. The molecule has 7 heteroatoms. The number of methoxy groups -OCH3 is 1. The highest BCUT2D eigenvalue weighted by Crippen LogP contribution is 2.27. The van der Waals surface area contributed by atoms with E-state index in [2.05, 4.69) is 22.9 Å². The van der Waals surface area contributed by atoms with Crippen LogP contribution in [0.3, 0.4) is 0 Å². The lowest BCUT2D eigenvalue weighted by Crippen LogP contribution is -1.98. The van der Waals surface area contributed by atoms with Gasteiger partial charge in [-0.2, -0.15) is 0 Å². The molecule has 0 saturated carbocycles. The predicted molar refractivity (Wildman–Crippen MR) is 95.4 cm³/mol. The van der Waals surface area contributed by atoms with Gasteiger partial charge < -0.3 is 19.5 Å². The summed E-state index contributed by atoms with van der Waals surface area (Å²) in [6.45, 7) is 0.466. The molecule has 2 aromatic carbocycles. The number of ether oxygens (including phenoxy) is 1. The highest BCUT2D eigenvalue weighted by molar-refractivity contribution is 7.80. The zero-order valence-electron chi connectivity index (χ0n) is 13.1. The molecule has 2 rings (SSSR count). The molecule has 0 amide bonds. The third-order valence-electron chi connectivity index (χ3n) is 2.99. The fourth-order valence-electron chi connectivity index (χ4n) is 1.77. The van der Waals surface area contributed by atoms with Crippen LogP contribution < -0.4 is 4.74 Å². The van der Waals surface area contributed by atoms with E-state index in [1.807, 2.05) is 24.3 Å². The lowest BCUT2D eigenvalue weighted by Gasteiger charge is -2.04. The minimum absolute atomic E-state index is 0.0126. The smallest absolute Gasteiger partial charge is 0.166 e. The Hall–Kier alpha value is -2.67. The van der Waals surface area contributed by atoms with Crippen molar-refractivity contribution in [2.24, 2.45) is 10.3 Å². The second-order valence-corrected chi connectivity index (χ2v) is 5.07. The van der Waals surface area contributed by atoms with Gasteiger partial charge in [0.25, 0.3) is 0 Å². The molecule has 6 nitrogen and oxygen atoms in total. The number of hydrogen-bond donors (Lipinski definition) is 2. The molecule has 0 spiro atoms. The zero-order chi connectivity index (χ0) is 17.2. The van der Waals surface area contributed by atoms with Crippen LogP contribution >= 0.6 is 12.6 Å². The Balaban J connectivity index is 1.71. The van der Waals surface area contributed by atoms with Gasteiger partial charge in [-0.25, -0.2) is 0 Å². The van der Waals surface area contributed by atoms with Crippen molar-refractivity contribution in [3.8, 4) is 11.5 Å². The van der Waals surface area contributed by atoms with Crippen LogP contribution in [-0.4, -0.2) is 37.9 Å². The topological polar surface area (TPSA) is 72.6 Å². The van der Waals surface area contributed by atoms with E-state index in [9.17, 15) is 5.11 Å². The highest BCUT2D eigenvalue weighted by atomic mass is 32.1. The van der Waals surface area contributed by atoms with Crippen molar-refractivity contribution in [2.75, 3.05) is 20.3 Å². The van der Waals surface area contributed by atoms with Crippen LogP contribution in [-0.2, 0) is 9.68 Å². The first-order valence-corrected chi connectivity index (χ1v) is 7.61. The van der Waals surface area contributed by atoms with Crippen LogP contribution in [0.25, 0.3) is 0 Å². The Kier molecular flexibility index (Phi) is 6.97. The van der Waals surface area contributed by atoms with E-state index in [0.717, 1.165) is 10.5 Å². The van der Waals surface area contributed by atoms with Crippen molar-refractivity contribution in [3.63, 3.8) is 0 Å². The van der Waals surface area contributed by atoms with Crippen molar-refractivity contribution in [1.82, 2.24) is 0 Å². The fraction of sp³-hybridized carbons (Fsp3) is 0.176. The number of benzene rings is 2. The molecule has 0 aliphatic carbocycles. The van der Waals surface area contributed by atoms with Crippen LogP contribution in [0, 0.1) is 0 Å². The largest absolute Gasteiger partial charge is 0.504 e. The number of aromatic hydroxyl groups is 1.